The van der Waals surface area contributed by atoms with Gasteiger partial charge in [0.15, 0.2) is 0 Å². The number of hydrogen-bond acceptors (Lipinski definition) is 6. The number of hydrogen-bond donors (Lipinski definition) is 0. The number of nitrogens with zero attached hydrogens (tertiary/aromatic N) is 2. The molecule has 0 aliphatic carbocycles. The summed E-state index contributed by atoms with van der Waals surface area (Å²) in [5, 5.41) is 0.951. The Morgan fingerprint density at radius 1 is 1.13 bits per heavy atom. The maximum atomic E-state index is 13.1. The summed E-state index contributed by atoms with van der Waals surface area (Å²) in [6.45, 7) is 0.499. The number of amides is 1. The molecule has 0 radical (unpaired) electrons. The largest absolute Gasteiger partial charge is 0.497 e. The summed E-state index contributed by atoms with van der Waals surface area (Å²) in [4.78, 5) is 27.0. The fourth-order valence-electron chi connectivity index (χ4n) is 3.42. The van der Waals surface area contributed by atoms with Gasteiger partial charge < -0.3 is 14.0 Å². The number of thioether (sulfide) groups is 1. The highest BCUT2D eigenvalue weighted by Crippen LogP contribution is 2.35. The van der Waals surface area contributed by atoms with Crippen molar-refractivity contribution in [2.75, 3.05) is 14.2 Å². The molecule has 4 rings (SSSR count). The molecule has 158 valence electrons. The molecule has 1 amide bonds. The summed E-state index contributed by atoms with van der Waals surface area (Å²) in [5.74, 6) is 0.297. The molecule has 0 bridgehead atoms. The minimum absolute atomic E-state index is 0.100. The van der Waals surface area contributed by atoms with E-state index in [1.807, 2.05) is 65.4 Å². The molecule has 0 N–H and O–H groups in total. The van der Waals surface area contributed by atoms with Crippen LogP contribution in [0.25, 0.3) is 17.0 Å². The van der Waals surface area contributed by atoms with Crippen LogP contribution in [0.15, 0.2) is 59.6 Å². The first kappa shape index (κ1) is 21.1. The second-order valence-corrected chi connectivity index (χ2v) is 8.60. The quantitative estimate of drug-likeness (QED) is 0.317. The number of fused-ring (bicyclic) bond motifs is 1. The number of thiocarbonyl (C=S) groups is 1. The van der Waals surface area contributed by atoms with E-state index in [0.29, 0.717) is 15.8 Å². The van der Waals surface area contributed by atoms with Crippen LogP contribution in [0.2, 0.25) is 0 Å². The number of ether oxygens (including phenoxy) is 2. The van der Waals surface area contributed by atoms with Crippen molar-refractivity contribution in [1.82, 2.24) is 9.47 Å². The molecule has 1 fully saturated rings. The van der Waals surface area contributed by atoms with Gasteiger partial charge in [-0.2, -0.15) is 0 Å². The highest BCUT2D eigenvalue weighted by molar-refractivity contribution is 8.26. The van der Waals surface area contributed by atoms with Gasteiger partial charge in [-0.1, -0.05) is 54.3 Å². The third kappa shape index (κ3) is 4.35. The van der Waals surface area contributed by atoms with E-state index in [0.717, 1.165) is 27.8 Å². The fourth-order valence-corrected chi connectivity index (χ4v) is 4.66. The fraction of sp³-hybridized carbons (Fsp3) is 0.174. The van der Waals surface area contributed by atoms with E-state index < -0.39 is 0 Å². The zero-order valence-electron chi connectivity index (χ0n) is 17.0. The van der Waals surface area contributed by atoms with Crippen LogP contribution in [0.5, 0.6) is 5.75 Å². The van der Waals surface area contributed by atoms with Gasteiger partial charge in [0.2, 0.25) is 0 Å². The van der Waals surface area contributed by atoms with Crippen molar-refractivity contribution in [3.8, 4) is 5.75 Å². The average molecular weight is 453 g/mol. The Kier molecular flexibility index (Phi) is 6.11. The van der Waals surface area contributed by atoms with E-state index in [-0.39, 0.29) is 18.4 Å². The minimum atomic E-state index is -0.335. The van der Waals surface area contributed by atoms with E-state index in [9.17, 15) is 9.59 Å². The Morgan fingerprint density at radius 2 is 1.87 bits per heavy atom. The number of esters is 1. The van der Waals surface area contributed by atoms with Gasteiger partial charge in [-0.05, 0) is 29.8 Å². The molecule has 2 aromatic carbocycles. The molecule has 1 aromatic heterocycles. The summed E-state index contributed by atoms with van der Waals surface area (Å²) >= 11 is 6.75. The molecule has 31 heavy (non-hydrogen) atoms. The van der Waals surface area contributed by atoms with Crippen LogP contribution in [0.3, 0.4) is 0 Å². The lowest BCUT2D eigenvalue weighted by molar-refractivity contribution is -0.141. The molecule has 1 aliphatic heterocycles. The first-order valence-corrected chi connectivity index (χ1v) is 10.8. The standard InChI is InChI=1S/C23H20N2O4S2/c1-28-17-9-7-15(8-10-17)12-25-22(27)20(31-23(25)30)11-16-13-24(14-21(26)29-2)19-6-4-3-5-18(16)19/h3-11,13H,12,14H2,1-2H3/b20-11-. The van der Waals surface area contributed by atoms with Gasteiger partial charge in [0.25, 0.3) is 5.91 Å². The van der Waals surface area contributed by atoms with E-state index in [1.165, 1.54) is 18.9 Å². The first-order chi connectivity index (χ1) is 15.0. The van der Waals surface area contributed by atoms with Gasteiger partial charge in [0, 0.05) is 22.7 Å². The van der Waals surface area contributed by atoms with Crippen molar-refractivity contribution in [3.05, 3.63) is 70.8 Å². The molecule has 2 heterocycles. The SMILES string of the molecule is COC(=O)Cn1cc(/C=C2\SC(=S)N(Cc3ccc(OC)cc3)C2=O)c2ccccc21. The summed E-state index contributed by atoms with van der Waals surface area (Å²) < 4.78 is 12.3. The summed E-state index contributed by atoms with van der Waals surface area (Å²) in [7, 11) is 2.98. The van der Waals surface area contributed by atoms with Crippen molar-refractivity contribution in [2.24, 2.45) is 0 Å². The van der Waals surface area contributed by atoms with Gasteiger partial charge in [-0.15, -0.1) is 0 Å². The Balaban J connectivity index is 1.62. The highest BCUT2D eigenvalue weighted by Gasteiger charge is 2.32. The molecule has 0 unspecified atom stereocenters. The molecule has 1 saturated heterocycles. The Hall–Kier alpha value is -3.10. The van der Waals surface area contributed by atoms with Crippen LogP contribution in [-0.2, 0) is 27.4 Å². The van der Waals surface area contributed by atoms with Crippen molar-refractivity contribution in [3.63, 3.8) is 0 Å². The third-order valence-corrected chi connectivity index (χ3v) is 6.38. The predicted octanol–water partition coefficient (Wildman–Crippen LogP) is 4.22. The lowest BCUT2D eigenvalue weighted by Crippen LogP contribution is -2.27. The van der Waals surface area contributed by atoms with Gasteiger partial charge in [0.1, 0.15) is 16.6 Å². The van der Waals surface area contributed by atoms with Crippen molar-refractivity contribution in [1.29, 1.82) is 0 Å². The molecule has 0 spiro atoms. The van der Waals surface area contributed by atoms with Gasteiger partial charge in [-0.3, -0.25) is 14.5 Å². The van der Waals surface area contributed by atoms with Gasteiger partial charge in [-0.25, -0.2) is 0 Å². The molecule has 8 heteroatoms. The van der Waals surface area contributed by atoms with E-state index in [2.05, 4.69) is 0 Å². The number of rotatable bonds is 6. The molecule has 0 saturated carbocycles. The van der Waals surface area contributed by atoms with Crippen molar-refractivity contribution >= 4 is 57.2 Å². The zero-order chi connectivity index (χ0) is 22.0. The van der Waals surface area contributed by atoms with E-state index in [4.69, 9.17) is 21.7 Å². The van der Waals surface area contributed by atoms with Crippen LogP contribution in [0, 0.1) is 0 Å². The lowest BCUT2D eigenvalue weighted by Gasteiger charge is -2.14. The zero-order valence-corrected chi connectivity index (χ0v) is 18.7. The highest BCUT2D eigenvalue weighted by atomic mass is 32.2. The number of carbonyl (C=O) groups is 2. The normalized spacial score (nSPS) is 15.2. The molecular formula is C23H20N2O4S2. The molecule has 0 atom stereocenters. The topological polar surface area (TPSA) is 60.8 Å². The summed E-state index contributed by atoms with van der Waals surface area (Å²) in [5.41, 5.74) is 2.71. The van der Waals surface area contributed by atoms with E-state index in [1.54, 1.807) is 12.0 Å². The van der Waals surface area contributed by atoms with E-state index >= 15 is 0 Å². The molecule has 6 nitrogen and oxygen atoms in total. The first-order valence-electron chi connectivity index (χ1n) is 9.53. The van der Waals surface area contributed by atoms with Gasteiger partial charge >= 0.3 is 5.97 Å². The summed E-state index contributed by atoms with van der Waals surface area (Å²) in [6, 6.07) is 15.3. The number of carbonyl (C=O) groups excluding carboxylic acids is 2. The second kappa shape index (κ2) is 8.95. The number of methoxy groups -OCH3 is 2. The molecular weight excluding hydrogens is 432 g/mol. The van der Waals surface area contributed by atoms with Crippen molar-refractivity contribution < 1.29 is 19.1 Å². The Morgan fingerprint density at radius 3 is 2.58 bits per heavy atom. The van der Waals surface area contributed by atoms with Crippen LogP contribution < -0.4 is 4.74 Å². The maximum Gasteiger partial charge on any atom is 0.325 e. The minimum Gasteiger partial charge on any atom is -0.497 e. The number of aromatic nitrogens is 1. The monoisotopic (exact) mass is 452 g/mol. The second-order valence-electron chi connectivity index (χ2n) is 6.92. The Labute approximate surface area is 189 Å². The molecule has 1 aliphatic rings. The van der Waals surface area contributed by atoms with Crippen LogP contribution >= 0.6 is 24.0 Å². The van der Waals surface area contributed by atoms with Crippen LogP contribution in [0.1, 0.15) is 11.1 Å². The van der Waals surface area contributed by atoms with Crippen LogP contribution in [-0.4, -0.2) is 39.9 Å². The number of benzene rings is 2. The van der Waals surface area contributed by atoms with Crippen molar-refractivity contribution in [2.45, 2.75) is 13.1 Å². The summed E-state index contributed by atoms with van der Waals surface area (Å²) in [6.07, 6.45) is 3.70. The predicted molar refractivity (Wildman–Crippen MR) is 126 cm³/mol. The molecule has 3 aromatic rings. The maximum absolute atomic E-state index is 13.1. The lowest BCUT2D eigenvalue weighted by atomic mass is 10.1. The third-order valence-electron chi connectivity index (χ3n) is 5.01. The van der Waals surface area contributed by atoms with Crippen LogP contribution in [0.4, 0.5) is 0 Å². The smallest absolute Gasteiger partial charge is 0.325 e. The van der Waals surface area contributed by atoms with Gasteiger partial charge in [0.05, 0.1) is 25.7 Å². The number of para-hydroxylation sites is 1. The average Bonchev–Trinajstić information content (AvgIpc) is 3.26. The Bertz CT molecular complexity index is 1200.